The zero-order chi connectivity index (χ0) is 17.4. The van der Waals surface area contributed by atoms with Crippen molar-refractivity contribution in [3.05, 3.63) is 61.6 Å². The molecule has 0 spiro atoms. The van der Waals surface area contributed by atoms with Crippen molar-refractivity contribution < 1.29 is 22.8 Å². The van der Waals surface area contributed by atoms with E-state index in [1.54, 1.807) is 13.0 Å². The fraction of sp³-hybridized carbons (Fsp3) is 0.143. The summed E-state index contributed by atoms with van der Waals surface area (Å²) in [4.78, 5) is 9.60. The third-order valence-electron chi connectivity index (χ3n) is 2.93. The molecule has 0 aliphatic heterocycles. The summed E-state index contributed by atoms with van der Waals surface area (Å²) in [6.45, 7) is 1.67. The molecule has 0 aliphatic carbocycles. The van der Waals surface area contributed by atoms with Gasteiger partial charge in [0.15, 0.2) is 5.75 Å². The van der Waals surface area contributed by atoms with Crippen LogP contribution in [0.5, 0.6) is 11.5 Å². The maximum atomic E-state index is 12.9. The van der Waals surface area contributed by atoms with Crippen molar-refractivity contribution >= 4 is 28.9 Å². The van der Waals surface area contributed by atoms with Gasteiger partial charge in [0.05, 0.1) is 15.0 Å². The Morgan fingerprint density at radius 1 is 1.17 bits per heavy atom. The Balaban J connectivity index is 2.51. The molecule has 2 aromatic rings. The Morgan fingerprint density at radius 3 is 2.39 bits per heavy atom. The van der Waals surface area contributed by atoms with Crippen molar-refractivity contribution in [3.63, 3.8) is 0 Å². The summed E-state index contributed by atoms with van der Waals surface area (Å²) < 4.78 is 44.1. The van der Waals surface area contributed by atoms with Gasteiger partial charge in [0, 0.05) is 6.07 Å². The van der Waals surface area contributed by atoms with E-state index in [-0.39, 0.29) is 21.5 Å². The zero-order valence-electron chi connectivity index (χ0n) is 11.4. The summed E-state index contributed by atoms with van der Waals surface area (Å²) in [5.74, 6) is -0.285. The Kier molecular flexibility index (Phi) is 4.72. The van der Waals surface area contributed by atoms with Crippen LogP contribution in [0.15, 0.2) is 30.3 Å². The predicted molar refractivity (Wildman–Crippen MR) is 79.4 cm³/mol. The van der Waals surface area contributed by atoms with Crippen LogP contribution in [0.25, 0.3) is 0 Å². The Morgan fingerprint density at radius 2 is 1.83 bits per heavy atom. The van der Waals surface area contributed by atoms with Gasteiger partial charge in [-0.2, -0.15) is 13.2 Å². The van der Waals surface area contributed by atoms with Gasteiger partial charge in [-0.1, -0.05) is 29.3 Å². The number of hydrogen-bond donors (Lipinski definition) is 0. The van der Waals surface area contributed by atoms with Crippen LogP contribution < -0.4 is 4.74 Å². The largest absolute Gasteiger partial charge is 0.454 e. The highest BCUT2D eigenvalue weighted by Crippen LogP contribution is 2.42. The molecule has 0 bridgehead atoms. The second-order valence-electron chi connectivity index (χ2n) is 4.54. The van der Waals surface area contributed by atoms with Crippen molar-refractivity contribution in [2.45, 2.75) is 13.1 Å². The highest BCUT2D eigenvalue weighted by Gasteiger charge is 2.38. The van der Waals surface area contributed by atoms with Crippen molar-refractivity contribution in [1.29, 1.82) is 0 Å². The van der Waals surface area contributed by atoms with Crippen molar-refractivity contribution in [3.8, 4) is 11.5 Å². The van der Waals surface area contributed by atoms with Gasteiger partial charge in [-0.3, -0.25) is 10.1 Å². The molecular formula is C14H8Cl2F3NO3. The Bertz CT molecular complexity index is 779. The molecule has 122 valence electrons. The topological polar surface area (TPSA) is 52.4 Å². The molecule has 0 aliphatic rings. The summed E-state index contributed by atoms with van der Waals surface area (Å²) >= 11 is 11.9. The van der Waals surface area contributed by atoms with Crippen molar-refractivity contribution in [1.82, 2.24) is 0 Å². The van der Waals surface area contributed by atoms with E-state index in [2.05, 4.69) is 0 Å². The first-order valence-electron chi connectivity index (χ1n) is 6.09. The van der Waals surface area contributed by atoms with E-state index >= 15 is 0 Å². The maximum absolute atomic E-state index is 12.9. The Labute approximate surface area is 138 Å². The van der Waals surface area contributed by atoms with E-state index in [0.717, 1.165) is 12.1 Å². The van der Waals surface area contributed by atoms with Gasteiger partial charge in [-0.15, -0.1) is 0 Å². The van der Waals surface area contributed by atoms with E-state index in [0.29, 0.717) is 11.6 Å². The molecule has 4 nitrogen and oxygen atoms in total. The number of nitro benzene ring substituents is 1. The van der Waals surface area contributed by atoms with Gasteiger partial charge in [0.25, 0.3) is 5.69 Å². The predicted octanol–water partition coefficient (Wildman–Crippen LogP) is 6.02. The van der Waals surface area contributed by atoms with Crippen LogP contribution in [-0.4, -0.2) is 4.92 Å². The minimum absolute atomic E-state index is 0.0182. The molecule has 0 N–H and O–H groups in total. The van der Waals surface area contributed by atoms with Gasteiger partial charge in [0.2, 0.25) is 0 Å². The molecule has 0 aromatic heterocycles. The van der Waals surface area contributed by atoms with E-state index in [9.17, 15) is 23.3 Å². The number of rotatable bonds is 3. The third kappa shape index (κ3) is 3.68. The lowest BCUT2D eigenvalue weighted by molar-refractivity contribution is -0.388. The van der Waals surface area contributed by atoms with Gasteiger partial charge in [0.1, 0.15) is 11.3 Å². The quantitative estimate of drug-likeness (QED) is 0.493. The second-order valence-corrected chi connectivity index (χ2v) is 5.33. The average Bonchev–Trinajstić information content (AvgIpc) is 2.46. The van der Waals surface area contributed by atoms with Crippen molar-refractivity contribution in [2.75, 3.05) is 0 Å². The Hall–Kier alpha value is -1.99. The SMILES string of the molecule is Cc1ccc(Cl)c(Oc2ccc([N+](=O)[O-])c(C(F)(F)F)c2)c1Cl. The van der Waals surface area contributed by atoms with E-state index in [4.69, 9.17) is 27.9 Å². The molecule has 0 heterocycles. The van der Waals surface area contributed by atoms with E-state index in [1.165, 1.54) is 6.07 Å². The van der Waals surface area contributed by atoms with E-state index < -0.39 is 22.4 Å². The van der Waals surface area contributed by atoms with Gasteiger partial charge < -0.3 is 4.74 Å². The number of halogens is 5. The highest BCUT2D eigenvalue weighted by atomic mass is 35.5. The van der Waals surface area contributed by atoms with Gasteiger partial charge in [-0.05, 0) is 30.7 Å². The van der Waals surface area contributed by atoms with Crippen LogP contribution in [0.2, 0.25) is 10.0 Å². The lowest BCUT2D eigenvalue weighted by Gasteiger charge is -2.13. The summed E-state index contributed by atoms with van der Waals surface area (Å²) in [5.41, 5.74) is -1.87. The average molecular weight is 366 g/mol. The number of benzene rings is 2. The van der Waals surface area contributed by atoms with Crippen LogP contribution in [0.4, 0.5) is 18.9 Å². The van der Waals surface area contributed by atoms with Crippen molar-refractivity contribution in [2.24, 2.45) is 0 Å². The summed E-state index contributed by atoms with van der Waals surface area (Å²) in [5, 5.41) is 11.0. The monoisotopic (exact) mass is 365 g/mol. The van der Waals surface area contributed by atoms with E-state index in [1.807, 2.05) is 0 Å². The molecule has 0 saturated heterocycles. The molecular weight excluding hydrogens is 358 g/mol. The molecule has 0 radical (unpaired) electrons. The van der Waals surface area contributed by atoms with Crippen LogP contribution in [-0.2, 0) is 6.18 Å². The maximum Gasteiger partial charge on any atom is 0.423 e. The zero-order valence-corrected chi connectivity index (χ0v) is 13.0. The third-order valence-corrected chi connectivity index (χ3v) is 3.70. The first-order chi connectivity index (χ1) is 10.6. The molecule has 23 heavy (non-hydrogen) atoms. The van der Waals surface area contributed by atoms with Crippen LogP contribution in [0.3, 0.4) is 0 Å². The number of alkyl halides is 3. The lowest BCUT2D eigenvalue weighted by Crippen LogP contribution is -2.09. The standard InChI is InChI=1S/C14H8Cl2F3NO3/c1-7-2-4-10(15)13(12(7)16)23-8-3-5-11(20(21)22)9(6-8)14(17,18)19/h2-6H,1H3. The van der Waals surface area contributed by atoms with Gasteiger partial charge in [-0.25, -0.2) is 0 Å². The highest BCUT2D eigenvalue weighted by molar-refractivity contribution is 6.37. The molecule has 0 unspecified atom stereocenters. The minimum Gasteiger partial charge on any atom is -0.454 e. The molecule has 0 fully saturated rings. The molecule has 9 heteroatoms. The first kappa shape index (κ1) is 17.4. The molecule has 0 saturated carbocycles. The van der Waals surface area contributed by atoms with Crippen LogP contribution in [0.1, 0.15) is 11.1 Å². The number of aryl methyl sites for hydroxylation is 1. The molecule has 0 amide bonds. The summed E-state index contributed by atoms with van der Waals surface area (Å²) in [6.07, 6.45) is -4.90. The number of nitro groups is 1. The summed E-state index contributed by atoms with van der Waals surface area (Å²) in [7, 11) is 0. The lowest BCUT2D eigenvalue weighted by atomic mass is 10.1. The number of hydrogen-bond acceptors (Lipinski definition) is 3. The second kappa shape index (κ2) is 6.25. The smallest absolute Gasteiger partial charge is 0.423 e. The summed E-state index contributed by atoms with van der Waals surface area (Å²) in [6, 6.07) is 5.40. The fourth-order valence-electron chi connectivity index (χ4n) is 1.81. The number of nitrogens with zero attached hydrogens (tertiary/aromatic N) is 1. The molecule has 2 rings (SSSR count). The fourth-order valence-corrected chi connectivity index (χ4v) is 2.26. The molecule has 0 atom stereocenters. The minimum atomic E-state index is -4.90. The van der Waals surface area contributed by atoms with Gasteiger partial charge >= 0.3 is 6.18 Å². The van der Waals surface area contributed by atoms with Crippen LogP contribution >= 0.6 is 23.2 Å². The molecule has 2 aromatic carbocycles. The van der Waals surface area contributed by atoms with Crippen LogP contribution in [0, 0.1) is 17.0 Å². The number of ether oxygens (including phenoxy) is 1. The first-order valence-corrected chi connectivity index (χ1v) is 6.85. The normalized spacial score (nSPS) is 11.4.